The lowest BCUT2D eigenvalue weighted by Gasteiger charge is -2.40. The van der Waals surface area contributed by atoms with E-state index < -0.39 is 0 Å². The Labute approximate surface area is 95.0 Å². The van der Waals surface area contributed by atoms with Gasteiger partial charge in [-0.05, 0) is 45.2 Å². The molecule has 0 N–H and O–H groups in total. The Morgan fingerprint density at radius 2 is 2.00 bits per heavy atom. The van der Waals surface area contributed by atoms with Crippen LogP contribution >= 0.6 is 0 Å². The average Bonchev–Trinajstić information content (AvgIpc) is 2.13. The van der Waals surface area contributed by atoms with Gasteiger partial charge in [0.25, 0.3) is 0 Å². The molecule has 0 amide bonds. The highest BCUT2D eigenvalue weighted by Crippen LogP contribution is 2.27. The summed E-state index contributed by atoms with van der Waals surface area (Å²) in [6.07, 6.45) is 5.56. The molecular weight excluding hydrogens is 186 g/mol. The number of hydrogen-bond donors (Lipinski definition) is 0. The van der Waals surface area contributed by atoms with Crippen LogP contribution in [0.3, 0.4) is 0 Å². The van der Waals surface area contributed by atoms with Gasteiger partial charge in [0.1, 0.15) is 0 Å². The molecule has 1 aliphatic rings. The molecule has 1 aliphatic carbocycles. The van der Waals surface area contributed by atoms with E-state index in [-0.39, 0.29) is 0 Å². The smallest absolute Gasteiger partial charge is 0.0605 e. The van der Waals surface area contributed by atoms with Gasteiger partial charge in [0.15, 0.2) is 0 Å². The summed E-state index contributed by atoms with van der Waals surface area (Å²) < 4.78 is 5.83. The first-order valence-electron chi connectivity index (χ1n) is 6.45. The number of rotatable bonds is 7. The van der Waals surface area contributed by atoms with Crippen molar-refractivity contribution in [2.75, 3.05) is 20.2 Å². The molecular formula is C13H27NO. The van der Waals surface area contributed by atoms with Gasteiger partial charge in [0.05, 0.1) is 6.10 Å². The standard InChI is InChI=1S/C13H27NO/c1-5-14(4)12-9-13(10-12)15-8-6-7-11(2)3/h11-13H,5-10H2,1-4H3/t12-,13-. The van der Waals surface area contributed by atoms with Gasteiger partial charge in [-0.3, -0.25) is 0 Å². The Kier molecular flexibility index (Phi) is 5.62. The number of hydrogen-bond acceptors (Lipinski definition) is 2. The fourth-order valence-corrected chi connectivity index (χ4v) is 2.03. The van der Waals surface area contributed by atoms with Crippen molar-refractivity contribution in [3.8, 4) is 0 Å². The van der Waals surface area contributed by atoms with Gasteiger partial charge >= 0.3 is 0 Å². The van der Waals surface area contributed by atoms with Gasteiger partial charge in [0.2, 0.25) is 0 Å². The van der Waals surface area contributed by atoms with E-state index in [1.54, 1.807) is 0 Å². The van der Waals surface area contributed by atoms with E-state index >= 15 is 0 Å². The lowest BCUT2D eigenvalue weighted by molar-refractivity contribution is -0.0455. The van der Waals surface area contributed by atoms with Crippen LogP contribution in [0.2, 0.25) is 0 Å². The largest absolute Gasteiger partial charge is 0.378 e. The maximum atomic E-state index is 5.83. The summed E-state index contributed by atoms with van der Waals surface area (Å²) in [7, 11) is 2.21. The Bertz CT molecular complexity index is 164. The van der Waals surface area contributed by atoms with Gasteiger partial charge in [-0.1, -0.05) is 20.8 Å². The molecule has 0 unspecified atom stereocenters. The maximum absolute atomic E-state index is 5.83. The molecule has 0 aromatic heterocycles. The van der Waals surface area contributed by atoms with Gasteiger partial charge in [-0.2, -0.15) is 0 Å². The van der Waals surface area contributed by atoms with E-state index in [2.05, 4.69) is 32.7 Å². The maximum Gasteiger partial charge on any atom is 0.0605 e. The van der Waals surface area contributed by atoms with Crippen molar-refractivity contribution in [2.45, 2.75) is 58.6 Å². The second-order valence-electron chi connectivity index (χ2n) is 5.23. The minimum Gasteiger partial charge on any atom is -0.378 e. The van der Waals surface area contributed by atoms with Crippen molar-refractivity contribution in [1.29, 1.82) is 0 Å². The predicted octanol–water partition coefficient (Wildman–Crippen LogP) is 2.92. The minimum atomic E-state index is 0.552. The van der Waals surface area contributed by atoms with Gasteiger partial charge in [-0.25, -0.2) is 0 Å². The van der Waals surface area contributed by atoms with Crippen molar-refractivity contribution in [2.24, 2.45) is 5.92 Å². The molecule has 2 nitrogen and oxygen atoms in total. The van der Waals surface area contributed by atoms with Crippen LogP contribution in [0.4, 0.5) is 0 Å². The average molecular weight is 213 g/mol. The highest BCUT2D eigenvalue weighted by molar-refractivity contribution is 4.86. The molecule has 0 heterocycles. The topological polar surface area (TPSA) is 12.5 Å². The van der Waals surface area contributed by atoms with Crippen LogP contribution in [0.15, 0.2) is 0 Å². The summed E-state index contributed by atoms with van der Waals surface area (Å²) in [6, 6.07) is 0.782. The summed E-state index contributed by atoms with van der Waals surface area (Å²) in [5.41, 5.74) is 0. The number of nitrogens with zero attached hydrogens (tertiary/aromatic N) is 1. The van der Waals surface area contributed by atoms with E-state index in [1.165, 1.54) is 25.7 Å². The molecule has 1 fully saturated rings. The molecule has 1 rings (SSSR count). The zero-order valence-corrected chi connectivity index (χ0v) is 10.8. The first-order valence-corrected chi connectivity index (χ1v) is 6.45. The molecule has 0 bridgehead atoms. The fraction of sp³-hybridized carbons (Fsp3) is 1.00. The van der Waals surface area contributed by atoms with Crippen LogP contribution in [0.5, 0.6) is 0 Å². The third kappa shape index (κ3) is 4.52. The monoisotopic (exact) mass is 213 g/mol. The molecule has 15 heavy (non-hydrogen) atoms. The third-order valence-corrected chi connectivity index (χ3v) is 3.47. The van der Waals surface area contributed by atoms with E-state index in [9.17, 15) is 0 Å². The van der Waals surface area contributed by atoms with Crippen LogP contribution in [-0.2, 0) is 4.74 Å². The first kappa shape index (κ1) is 13.0. The van der Waals surface area contributed by atoms with Gasteiger partial charge in [-0.15, -0.1) is 0 Å². The lowest BCUT2D eigenvalue weighted by Crippen LogP contribution is -2.46. The first-order chi connectivity index (χ1) is 7.13. The van der Waals surface area contributed by atoms with E-state index in [0.717, 1.165) is 25.1 Å². The van der Waals surface area contributed by atoms with Gasteiger partial charge in [0, 0.05) is 12.6 Å². The predicted molar refractivity (Wildman–Crippen MR) is 65.1 cm³/mol. The van der Waals surface area contributed by atoms with Crippen molar-refractivity contribution in [3.05, 3.63) is 0 Å². The van der Waals surface area contributed by atoms with Crippen LogP contribution in [-0.4, -0.2) is 37.2 Å². The molecule has 0 saturated heterocycles. The zero-order chi connectivity index (χ0) is 11.3. The van der Waals surface area contributed by atoms with E-state index in [1.807, 2.05) is 0 Å². The lowest BCUT2D eigenvalue weighted by atomic mass is 9.88. The van der Waals surface area contributed by atoms with E-state index in [4.69, 9.17) is 4.74 Å². The quantitative estimate of drug-likeness (QED) is 0.603. The molecule has 2 heteroatoms. The van der Waals surface area contributed by atoms with Crippen LogP contribution < -0.4 is 0 Å². The van der Waals surface area contributed by atoms with Crippen molar-refractivity contribution in [3.63, 3.8) is 0 Å². The highest BCUT2D eigenvalue weighted by atomic mass is 16.5. The normalized spacial score (nSPS) is 26.0. The second-order valence-corrected chi connectivity index (χ2v) is 5.23. The second kappa shape index (κ2) is 6.49. The molecule has 1 saturated carbocycles. The Morgan fingerprint density at radius 3 is 2.53 bits per heavy atom. The van der Waals surface area contributed by atoms with Crippen molar-refractivity contribution in [1.82, 2.24) is 4.90 Å². The molecule has 0 aromatic rings. The molecule has 0 aromatic carbocycles. The molecule has 0 radical (unpaired) electrons. The SMILES string of the molecule is CCN(C)[C@H]1C[C@H](OCCCC(C)C)C1. The molecule has 90 valence electrons. The summed E-state index contributed by atoms with van der Waals surface area (Å²) in [6.45, 7) is 8.89. The zero-order valence-electron chi connectivity index (χ0n) is 10.8. The molecule has 0 spiro atoms. The Balaban J connectivity index is 1.94. The third-order valence-electron chi connectivity index (χ3n) is 3.47. The van der Waals surface area contributed by atoms with Gasteiger partial charge < -0.3 is 9.64 Å². The fourth-order valence-electron chi connectivity index (χ4n) is 2.03. The summed E-state index contributed by atoms with van der Waals surface area (Å²) in [5, 5.41) is 0. The van der Waals surface area contributed by atoms with Crippen molar-refractivity contribution < 1.29 is 4.74 Å². The van der Waals surface area contributed by atoms with Crippen LogP contribution in [0.25, 0.3) is 0 Å². The molecule has 0 atom stereocenters. The minimum absolute atomic E-state index is 0.552. The van der Waals surface area contributed by atoms with Crippen molar-refractivity contribution >= 4 is 0 Å². The van der Waals surface area contributed by atoms with E-state index in [0.29, 0.717) is 6.10 Å². The Morgan fingerprint density at radius 1 is 1.33 bits per heavy atom. The van der Waals surface area contributed by atoms with Crippen LogP contribution in [0.1, 0.15) is 46.5 Å². The molecule has 0 aliphatic heterocycles. The summed E-state index contributed by atoms with van der Waals surface area (Å²) in [4.78, 5) is 2.42. The summed E-state index contributed by atoms with van der Waals surface area (Å²) in [5.74, 6) is 0.814. The highest BCUT2D eigenvalue weighted by Gasteiger charge is 2.31. The number of ether oxygens (including phenoxy) is 1. The summed E-state index contributed by atoms with van der Waals surface area (Å²) >= 11 is 0. The van der Waals surface area contributed by atoms with Crippen LogP contribution in [0, 0.1) is 5.92 Å². The Hall–Kier alpha value is -0.0800.